The first kappa shape index (κ1) is 26.7. The molecule has 5 nitrogen and oxygen atoms in total. The summed E-state index contributed by atoms with van der Waals surface area (Å²) in [6.45, 7) is 4.11. The molecule has 2 atom stereocenters. The maximum atomic E-state index is 13.5. The Morgan fingerprint density at radius 3 is 2.23 bits per heavy atom. The van der Waals surface area contributed by atoms with Crippen molar-refractivity contribution in [3.63, 3.8) is 0 Å². The molecule has 0 spiro atoms. The Labute approximate surface area is 197 Å². The Morgan fingerprint density at radius 2 is 1.69 bits per heavy atom. The molecule has 0 saturated carbocycles. The van der Waals surface area contributed by atoms with Crippen molar-refractivity contribution in [3.8, 4) is 0 Å². The first-order valence-corrected chi connectivity index (χ1v) is 10.7. The summed E-state index contributed by atoms with van der Waals surface area (Å²) in [5.74, 6) is -0.425. The van der Waals surface area contributed by atoms with Crippen LogP contribution >= 0.6 is 0 Å². The Bertz CT molecular complexity index is 1040. The number of hydroxylamine groups is 2. The number of halogens is 7. The first-order valence-electron chi connectivity index (χ1n) is 10.7. The third-order valence-electron chi connectivity index (χ3n) is 5.94. The van der Waals surface area contributed by atoms with Gasteiger partial charge in [-0.1, -0.05) is 6.07 Å². The maximum absolute atomic E-state index is 13.5. The lowest BCUT2D eigenvalue weighted by Gasteiger charge is -2.37. The van der Waals surface area contributed by atoms with Crippen LogP contribution in [-0.4, -0.2) is 42.7 Å². The SMILES string of the molecule is Cc1cc(F)ccc1[C@H]1CNCCN1OC(=O)N(C)[C@H](C)c1cc(C(F)(F)F)cc(C(F)(F)F)c1. The summed E-state index contributed by atoms with van der Waals surface area (Å²) in [5.41, 5.74) is -1.95. The van der Waals surface area contributed by atoms with Crippen LogP contribution in [0.4, 0.5) is 35.5 Å². The standard InChI is InChI=1S/C23H24F7N3O2/c1-13-8-18(24)4-5-19(13)20-12-31-6-7-33(20)35-21(34)32(3)14(2)15-9-16(22(25,26)27)11-17(10-15)23(28,29)30/h4-5,8-11,14,20,31H,6-7,12H2,1-3H3/t14-,20-/m1/s1. The molecule has 192 valence electrons. The molecule has 0 aromatic heterocycles. The number of hydrogen-bond acceptors (Lipinski definition) is 4. The molecule has 0 aliphatic carbocycles. The summed E-state index contributed by atoms with van der Waals surface area (Å²) < 4.78 is 92.8. The molecule has 1 aliphatic heterocycles. The zero-order chi connectivity index (χ0) is 26.1. The summed E-state index contributed by atoms with van der Waals surface area (Å²) in [6.07, 6.45) is -11.0. The smallest absolute Gasteiger partial charge is 0.350 e. The van der Waals surface area contributed by atoms with Gasteiger partial charge < -0.3 is 15.1 Å². The molecule has 1 N–H and O–H groups in total. The highest BCUT2D eigenvalue weighted by Crippen LogP contribution is 2.38. The average molecular weight is 507 g/mol. The highest BCUT2D eigenvalue weighted by Gasteiger charge is 2.38. The van der Waals surface area contributed by atoms with E-state index in [4.69, 9.17) is 4.84 Å². The minimum absolute atomic E-state index is 0.0326. The number of carbonyl (C=O) groups is 1. The summed E-state index contributed by atoms with van der Waals surface area (Å²) in [4.78, 5) is 19.3. The monoisotopic (exact) mass is 507 g/mol. The van der Waals surface area contributed by atoms with Crippen LogP contribution in [0.15, 0.2) is 36.4 Å². The van der Waals surface area contributed by atoms with Crippen LogP contribution in [0.1, 0.15) is 46.8 Å². The Balaban J connectivity index is 1.83. The molecule has 1 fully saturated rings. The second-order valence-electron chi connectivity index (χ2n) is 8.34. The number of benzene rings is 2. The number of hydrogen-bond donors (Lipinski definition) is 1. The zero-order valence-electron chi connectivity index (χ0n) is 19.1. The predicted molar refractivity (Wildman–Crippen MR) is 113 cm³/mol. The quantitative estimate of drug-likeness (QED) is 0.527. The van der Waals surface area contributed by atoms with Crippen molar-refractivity contribution in [3.05, 3.63) is 70.0 Å². The van der Waals surface area contributed by atoms with Crippen LogP contribution in [0.3, 0.4) is 0 Å². The fourth-order valence-electron chi connectivity index (χ4n) is 3.84. The number of carbonyl (C=O) groups excluding carboxylic acids is 1. The molecule has 3 rings (SSSR count). The number of nitrogens with one attached hydrogen (secondary N) is 1. The Kier molecular flexibility index (Phi) is 7.65. The number of aryl methyl sites for hydroxylation is 1. The van der Waals surface area contributed by atoms with E-state index in [-0.39, 0.29) is 18.2 Å². The maximum Gasteiger partial charge on any atom is 0.429 e. The van der Waals surface area contributed by atoms with Gasteiger partial charge in [0.25, 0.3) is 0 Å². The van der Waals surface area contributed by atoms with E-state index in [2.05, 4.69) is 5.32 Å². The van der Waals surface area contributed by atoms with E-state index >= 15 is 0 Å². The molecule has 2 aromatic carbocycles. The van der Waals surface area contributed by atoms with Crippen LogP contribution in [0.25, 0.3) is 0 Å². The van der Waals surface area contributed by atoms with Crippen molar-refractivity contribution in [1.29, 1.82) is 0 Å². The van der Waals surface area contributed by atoms with Crippen molar-refractivity contribution >= 4 is 6.09 Å². The van der Waals surface area contributed by atoms with Gasteiger partial charge in [-0.2, -0.15) is 26.3 Å². The summed E-state index contributed by atoms with van der Waals surface area (Å²) in [5, 5.41) is 4.51. The summed E-state index contributed by atoms with van der Waals surface area (Å²) in [6, 6.07) is 3.74. The molecule has 2 aromatic rings. The minimum Gasteiger partial charge on any atom is -0.350 e. The van der Waals surface area contributed by atoms with Gasteiger partial charge in [0, 0.05) is 26.7 Å². The largest absolute Gasteiger partial charge is 0.429 e. The molecule has 1 saturated heterocycles. The Morgan fingerprint density at radius 1 is 1.09 bits per heavy atom. The number of rotatable bonds is 4. The van der Waals surface area contributed by atoms with Gasteiger partial charge in [-0.3, -0.25) is 0 Å². The van der Waals surface area contributed by atoms with Crippen LogP contribution < -0.4 is 5.32 Å². The third-order valence-corrected chi connectivity index (χ3v) is 5.94. The number of nitrogens with zero attached hydrogens (tertiary/aromatic N) is 2. The van der Waals surface area contributed by atoms with E-state index in [9.17, 15) is 35.5 Å². The number of amides is 1. The molecule has 1 heterocycles. The van der Waals surface area contributed by atoms with E-state index < -0.39 is 47.5 Å². The molecular formula is C23H24F7N3O2. The fraction of sp³-hybridized carbons (Fsp3) is 0.435. The van der Waals surface area contributed by atoms with E-state index in [1.807, 2.05) is 0 Å². The number of piperazine rings is 1. The van der Waals surface area contributed by atoms with Crippen molar-refractivity contribution in [2.45, 2.75) is 38.3 Å². The van der Waals surface area contributed by atoms with Crippen molar-refractivity contribution in [1.82, 2.24) is 15.3 Å². The van der Waals surface area contributed by atoms with Crippen LogP contribution in [0.2, 0.25) is 0 Å². The molecule has 1 aliphatic rings. The molecule has 1 amide bonds. The third kappa shape index (κ3) is 6.23. The van der Waals surface area contributed by atoms with Crippen molar-refractivity contribution in [2.75, 3.05) is 26.7 Å². The fourth-order valence-corrected chi connectivity index (χ4v) is 3.84. The first-order chi connectivity index (χ1) is 16.2. The average Bonchev–Trinajstić information content (AvgIpc) is 2.77. The van der Waals surface area contributed by atoms with E-state index in [0.717, 1.165) is 4.90 Å². The van der Waals surface area contributed by atoms with Crippen LogP contribution in [0.5, 0.6) is 0 Å². The van der Waals surface area contributed by atoms with Crippen molar-refractivity contribution < 1.29 is 40.4 Å². The molecule has 0 bridgehead atoms. The van der Waals surface area contributed by atoms with Gasteiger partial charge in [-0.25, -0.2) is 9.18 Å². The van der Waals surface area contributed by atoms with E-state index in [1.54, 1.807) is 13.0 Å². The Hall–Kier alpha value is -2.86. The van der Waals surface area contributed by atoms with Gasteiger partial charge in [-0.05, 0) is 60.9 Å². The minimum atomic E-state index is -5.00. The molecular weight excluding hydrogens is 483 g/mol. The van der Waals surface area contributed by atoms with Gasteiger partial charge in [0.1, 0.15) is 5.82 Å². The summed E-state index contributed by atoms with van der Waals surface area (Å²) >= 11 is 0. The van der Waals surface area contributed by atoms with Gasteiger partial charge >= 0.3 is 18.4 Å². The lowest BCUT2D eigenvalue weighted by molar-refractivity contribution is -0.152. The van der Waals surface area contributed by atoms with Gasteiger partial charge in [0.2, 0.25) is 0 Å². The molecule has 0 unspecified atom stereocenters. The zero-order valence-corrected chi connectivity index (χ0v) is 19.1. The predicted octanol–water partition coefficient (Wildman–Crippen LogP) is 5.86. The lowest BCUT2D eigenvalue weighted by atomic mass is 9.99. The lowest BCUT2D eigenvalue weighted by Crippen LogP contribution is -2.48. The van der Waals surface area contributed by atoms with Crippen molar-refractivity contribution in [2.24, 2.45) is 0 Å². The van der Waals surface area contributed by atoms with Gasteiger partial charge in [0.05, 0.1) is 23.2 Å². The van der Waals surface area contributed by atoms with E-state index in [0.29, 0.717) is 36.3 Å². The highest BCUT2D eigenvalue weighted by molar-refractivity contribution is 5.67. The normalized spacial score (nSPS) is 18.3. The topological polar surface area (TPSA) is 44.8 Å². The van der Waals surface area contributed by atoms with E-state index in [1.165, 1.54) is 31.2 Å². The second-order valence-corrected chi connectivity index (χ2v) is 8.34. The van der Waals surface area contributed by atoms with Gasteiger partial charge in [0.15, 0.2) is 0 Å². The van der Waals surface area contributed by atoms with Crippen LogP contribution in [-0.2, 0) is 17.2 Å². The molecule has 0 radical (unpaired) electrons. The second kappa shape index (κ2) is 10.0. The molecule has 12 heteroatoms. The molecule has 35 heavy (non-hydrogen) atoms. The van der Waals surface area contributed by atoms with Gasteiger partial charge in [-0.15, -0.1) is 5.06 Å². The van der Waals surface area contributed by atoms with Crippen LogP contribution in [0, 0.1) is 12.7 Å². The summed E-state index contributed by atoms with van der Waals surface area (Å²) in [7, 11) is 1.22. The number of alkyl halides is 6. The highest BCUT2D eigenvalue weighted by atomic mass is 19.4.